The van der Waals surface area contributed by atoms with Crippen LogP contribution in [0.3, 0.4) is 0 Å². The van der Waals surface area contributed by atoms with Gasteiger partial charge in [-0.1, -0.05) is 13.8 Å². The number of nitrogens with two attached hydrogens (primary N) is 1. The molecule has 1 atom stereocenters. The van der Waals surface area contributed by atoms with E-state index in [2.05, 4.69) is 11.4 Å². The first kappa shape index (κ1) is 13.6. The highest BCUT2D eigenvalue weighted by atomic mass is 32.1. The van der Waals surface area contributed by atoms with Gasteiger partial charge in [-0.2, -0.15) is 0 Å². The van der Waals surface area contributed by atoms with E-state index in [0.29, 0.717) is 19.0 Å². The number of rotatable bonds is 5. The van der Waals surface area contributed by atoms with Crippen molar-refractivity contribution < 1.29 is 4.79 Å². The molecule has 1 aromatic rings. The second-order valence-electron chi connectivity index (χ2n) is 5.32. The number of carbonyl (C=O) groups is 1. The largest absolute Gasteiger partial charge is 0.351 e. The summed E-state index contributed by atoms with van der Waals surface area (Å²) in [6.07, 6.45) is 3.71. The minimum atomic E-state index is -0.0724. The maximum Gasteiger partial charge on any atom is 0.224 e. The lowest BCUT2D eigenvalue weighted by atomic mass is 9.95. The molecule has 1 unspecified atom stereocenters. The Morgan fingerprint density at radius 3 is 2.89 bits per heavy atom. The van der Waals surface area contributed by atoms with Gasteiger partial charge in [-0.15, -0.1) is 11.3 Å². The first-order valence-electron chi connectivity index (χ1n) is 6.70. The number of aryl methyl sites for hydroxylation is 2. The van der Waals surface area contributed by atoms with Crippen LogP contribution < -0.4 is 11.1 Å². The summed E-state index contributed by atoms with van der Waals surface area (Å²) in [5, 5.41) is 3.01. The average Bonchev–Trinajstić information content (AvgIpc) is 2.86. The Balaban J connectivity index is 1.88. The molecular weight excluding hydrogens is 244 g/mol. The molecule has 2 rings (SSSR count). The Bertz CT molecular complexity index is 404. The van der Waals surface area contributed by atoms with E-state index >= 15 is 0 Å². The predicted octanol–water partition coefficient (Wildman–Crippen LogP) is 2.08. The molecule has 0 saturated carbocycles. The number of thiophene rings is 1. The van der Waals surface area contributed by atoms with Gasteiger partial charge in [0, 0.05) is 16.3 Å². The molecular formula is C14H22N2OS. The van der Waals surface area contributed by atoms with Crippen molar-refractivity contribution in [1.29, 1.82) is 0 Å². The van der Waals surface area contributed by atoms with Gasteiger partial charge < -0.3 is 11.1 Å². The lowest BCUT2D eigenvalue weighted by Gasteiger charge is -2.17. The summed E-state index contributed by atoms with van der Waals surface area (Å²) >= 11 is 1.85. The Kier molecular flexibility index (Phi) is 4.40. The number of amides is 1. The summed E-state index contributed by atoms with van der Waals surface area (Å²) in [5.41, 5.74) is 7.13. The van der Waals surface area contributed by atoms with E-state index in [4.69, 9.17) is 5.73 Å². The molecule has 1 aromatic heterocycles. The third kappa shape index (κ3) is 2.93. The summed E-state index contributed by atoms with van der Waals surface area (Å²) < 4.78 is 0. The van der Waals surface area contributed by atoms with Gasteiger partial charge >= 0.3 is 0 Å². The van der Waals surface area contributed by atoms with Crippen LogP contribution in [0, 0.1) is 11.8 Å². The van der Waals surface area contributed by atoms with Crippen molar-refractivity contribution >= 4 is 17.2 Å². The fraction of sp³-hybridized carbons (Fsp3) is 0.643. The lowest BCUT2D eigenvalue weighted by Crippen LogP contribution is -2.37. The van der Waals surface area contributed by atoms with Gasteiger partial charge in [0.05, 0.1) is 12.5 Å². The van der Waals surface area contributed by atoms with Gasteiger partial charge in [-0.05, 0) is 36.8 Å². The number of nitrogens with one attached hydrogen (secondary N) is 1. The molecule has 4 heteroatoms. The highest BCUT2D eigenvalue weighted by Crippen LogP contribution is 2.30. The normalized spacial score (nSPS) is 15.8. The molecule has 0 saturated heterocycles. The van der Waals surface area contributed by atoms with Gasteiger partial charge in [-0.25, -0.2) is 0 Å². The standard InChI is InChI=1S/C14H22N2OS/c1-9(2)12(7-15)14(17)16-8-11-6-10-4-3-5-13(10)18-11/h6,9,12H,3-5,7-8,15H2,1-2H3,(H,16,17). The van der Waals surface area contributed by atoms with E-state index in [1.54, 1.807) is 0 Å². The highest BCUT2D eigenvalue weighted by molar-refractivity contribution is 7.12. The molecule has 1 aliphatic carbocycles. The molecule has 0 fully saturated rings. The van der Waals surface area contributed by atoms with Crippen molar-refractivity contribution in [3.63, 3.8) is 0 Å². The van der Waals surface area contributed by atoms with E-state index in [1.165, 1.54) is 34.6 Å². The van der Waals surface area contributed by atoms with Crippen molar-refractivity contribution in [3.8, 4) is 0 Å². The molecule has 1 aliphatic rings. The molecule has 0 aromatic carbocycles. The summed E-state index contributed by atoms with van der Waals surface area (Å²) in [7, 11) is 0. The van der Waals surface area contributed by atoms with E-state index < -0.39 is 0 Å². The van der Waals surface area contributed by atoms with Gasteiger partial charge in [0.1, 0.15) is 0 Å². The molecule has 0 spiro atoms. The Hall–Kier alpha value is -0.870. The van der Waals surface area contributed by atoms with Crippen molar-refractivity contribution in [2.75, 3.05) is 6.54 Å². The zero-order valence-corrected chi connectivity index (χ0v) is 12.0. The summed E-state index contributed by atoms with van der Waals surface area (Å²) in [6.45, 7) is 5.15. The van der Waals surface area contributed by atoms with E-state index in [9.17, 15) is 4.79 Å². The van der Waals surface area contributed by atoms with Crippen LogP contribution in [0.4, 0.5) is 0 Å². The van der Waals surface area contributed by atoms with Gasteiger partial charge in [0.15, 0.2) is 0 Å². The first-order valence-corrected chi connectivity index (χ1v) is 7.51. The number of hydrogen-bond acceptors (Lipinski definition) is 3. The zero-order valence-electron chi connectivity index (χ0n) is 11.2. The van der Waals surface area contributed by atoms with Crippen LogP contribution in [0.2, 0.25) is 0 Å². The summed E-state index contributed by atoms with van der Waals surface area (Å²) in [6, 6.07) is 2.25. The van der Waals surface area contributed by atoms with Crippen molar-refractivity contribution in [3.05, 3.63) is 21.4 Å². The number of fused-ring (bicyclic) bond motifs is 1. The van der Waals surface area contributed by atoms with Crippen molar-refractivity contribution in [1.82, 2.24) is 5.32 Å². The van der Waals surface area contributed by atoms with Crippen LogP contribution in [0.15, 0.2) is 6.07 Å². The molecule has 1 heterocycles. The van der Waals surface area contributed by atoms with E-state index in [1.807, 2.05) is 25.2 Å². The molecule has 0 bridgehead atoms. The average molecular weight is 266 g/mol. The minimum Gasteiger partial charge on any atom is -0.351 e. The Morgan fingerprint density at radius 1 is 1.50 bits per heavy atom. The fourth-order valence-corrected chi connectivity index (χ4v) is 3.67. The Morgan fingerprint density at radius 2 is 2.28 bits per heavy atom. The smallest absolute Gasteiger partial charge is 0.224 e. The van der Waals surface area contributed by atoms with Crippen LogP contribution in [0.1, 0.15) is 35.6 Å². The minimum absolute atomic E-state index is 0.0724. The van der Waals surface area contributed by atoms with E-state index in [0.717, 1.165) is 0 Å². The third-order valence-corrected chi connectivity index (χ3v) is 4.87. The number of carbonyl (C=O) groups excluding carboxylic acids is 1. The lowest BCUT2D eigenvalue weighted by molar-refractivity contribution is -0.126. The van der Waals surface area contributed by atoms with Crippen LogP contribution in [-0.4, -0.2) is 12.5 Å². The predicted molar refractivity (Wildman–Crippen MR) is 75.6 cm³/mol. The molecule has 0 aliphatic heterocycles. The second kappa shape index (κ2) is 5.85. The molecule has 100 valence electrons. The van der Waals surface area contributed by atoms with Crippen molar-refractivity contribution in [2.45, 2.75) is 39.7 Å². The van der Waals surface area contributed by atoms with Crippen LogP contribution >= 0.6 is 11.3 Å². The molecule has 3 nitrogen and oxygen atoms in total. The maximum absolute atomic E-state index is 12.0. The molecule has 18 heavy (non-hydrogen) atoms. The van der Waals surface area contributed by atoms with Crippen LogP contribution in [-0.2, 0) is 24.2 Å². The molecule has 1 amide bonds. The zero-order chi connectivity index (χ0) is 13.1. The van der Waals surface area contributed by atoms with Gasteiger partial charge in [0.2, 0.25) is 5.91 Å². The monoisotopic (exact) mass is 266 g/mol. The van der Waals surface area contributed by atoms with Crippen LogP contribution in [0.5, 0.6) is 0 Å². The second-order valence-corrected chi connectivity index (χ2v) is 6.54. The quantitative estimate of drug-likeness (QED) is 0.857. The van der Waals surface area contributed by atoms with Crippen molar-refractivity contribution in [2.24, 2.45) is 17.6 Å². The number of hydrogen-bond donors (Lipinski definition) is 2. The third-order valence-electron chi connectivity index (χ3n) is 3.63. The SMILES string of the molecule is CC(C)C(CN)C(=O)NCc1cc2c(s1)CCC2. The Labute approximate surface area is 113 Å². The van der Waals surface area contributed by atoms with Gasteiger partial charge in [-0.3, -0.25) is 4.79 Å². The summed E-state index contributed by atoms with van der Waals surface area (Å²) in [5.74, 6) is 0.307. The topological polar surface area (TPSA) is 55.1 Å². The highest BCUT2D eigenvalue weighted by Gasteiger charge is 2.21. The fourth-order valence-electron chi connectivity index (χ4n) is 2.47. The van der Waals surface area contributed by atoms with Crippen LogP contribution in [0.25, 0.3) is 0 Å². The first-order chi connectivity index (χ1) is 8.61. The molecule has 0 radical (unpaired) electrons. The summed E-state index contributed by atoms with van der Waals surface area (Å²) in [4.78, 5) is 14.8. The van der Waals surface area contributed by atoms with Gasteiger partial charge in [0.25, 0.3) is 0 Å². The maximum atomic E-state index is 12.0. The molecule has 3 N–H and O–H groups in total. The van der Waals surface area contributed by atoms with E-state index in [-0.39, 0.29) is 11.8 Å².